The van der Waals surface area contributed by atoms with Gasteiger partial charge < -0.3 is 0 Å². The molecular formula is C44H43F6N5O2S. The maximum absolute atomic E-state index is 13.1. The van der Waals surface area contributed by atoms with Crippen molar-refractivity contribution < 1.29 is 35.9 Å². The minimum atomic E-state index is -4.47. The van der Waals surface area contributed by atoms with Gasteiger partial charge in [0.05, 0.1) is 11.1 Å². The molecule has 0 saturated heterocycles. The van der Waals surface area contributed by atoms with E-state index in [-0.39, 0.29) is 48.4 Å². The van der Waals surface area contributed by atoms with E-state index in [4.69, 9.17) is 0 Å². The molecule has 304 valence electrons. The predicted molar refractivity (Wildman–Crippen MR) is 212 cm³/mol. The molecule has 2 heterocycles. The molecule has 6 aromatic rings. The van der Waals surface area contributed by atoms with Crippen molar-refractivity contribution >= 4 is 22.9 Å². The first kappa shape index (κ1) is 43.6. The summed E-state index contributed by atoms with van der Waals surface area (Å²) in [5, 5.41) is 17.4. The molecule has 0 amide bonds. The van der Waals surface area contributed by atoms with Crippen molar-refractivity contribution in [1.29, 1.82) is 0 Å². The number of hydrogen-bond acceptors (Lipinski definition) is 7. The van der Waals surface area contributed by atoms with E-state index in [0.717, 1.165) is 88.8 Å². The van der Waals surface area contributed by atoms with Crippen LogP contribution in [0.2, 0.25) is 0 Å². The number of aromatic amines is 1. The highest BCUT2D eigenvalue weighted by Crippen LogP contribution is 2.33. The average Bonchev–Trinajstić information content (AvgIpc) is 3.87. The number of nitrogens with zero attached hydrogens (tertiary/aromatic N) is 4. The average molecular weight is 820 g/mol. The van der Waals surface area contributed by atoms with Crippen LogP contribution in [0.3, 0.4) is 0 Å². The van der Waals surface area contributed by atoms with Crippen LogP contribution in [0, 0.1) is 0 Å². The lowest BCUT2D eigenvalue weighted by molar-refractivity contribution is -0.139. The van der Waals surface area contributed by atoms with Crippen molar-refractivity contribution in [3.8, 4) is 22.0 Å². The van der Waals surface area contributed by atoms with E-state index in [0.29, 0.717) is 5.82 Å². The number of carbonyl (C=O) groups excluding carboxylic acids is 2. The first-order valence-electron chi connectivity index (χ1n) is 19.0. The Bertz CT molecular complexity index is 2090. The van der Waals surface area contributed by atoms with Gasteiger partial charge in [0, 0.05) is 49.7 Å². The molecule has 0 radical (unpaired) electrons. The first-order valence-corrected chi connectivity index (χ1v) is 19.8. The summed E-state index contributed by atoms with van der Waals surface area (Å²) in [5.74, 6) is 0.902. The third-order valence-electron chi connectivity index (χ3n) is 9.15. The molecule has 0 spiro atoms. The van der Waals surface area contributed by atoms with Crippen molar-refractivity contribution in [2.45, 2.75) is 90.4 Å². The quantitative estimate of drug-likeness (QED) is 0.0976. The molecule has 0 aliphatic heterocycles. The summed E-state index contributed by atoms with van der Waals surface area (Å²) >= 11 is 1.56. The molecule has 0 atom stereocenters. The van der Waals surface area contributed by atoms with Crippen molar-refractivity contribution in [2.24, 2.45) is 0 Å². The predicted octanol–water partition coefficient (Wildman–Crippen LogP) is 11.1. The SMILES string of the molecule is CCCCc1nc(-c2ccc(CC(=O)Cc3ccccc3C(F)(F)F)cc2)n[nH]1.CCCCc1nnc(-c2ccc(CC(=O)Cc3ccccc3C(F)(F)F)cc2)s1. The highest BCUT2D eigenvalue weighted by atomic mass is 32.1. The standard InChI is InChI=1S/C22H22F3N3O.C22H21F3N2OS/c1-2-3-8-20-26-21(28-27-20)16-11-9-15(10-12-16)13-18(29)14-17-6-4-5-7-19(17)22(23,24)25;1-2-3-8-20-26-27-21(29-20)16-11-9-15(10-12-16)13-18(28)14-17-6-4-5-7-19(17)22(23,24)25/h4-7,9-12H,2-3,8,13-14H2,1H3,(H,26,27,28);4-7,9-12H,2-3,8,13-14H2,1H3. The lowest BCUT2D eigenvalue weighted by atomic mass is 9.98. The number of nitrogens with one attached hydrogen (secondary N) is 1. The van der Waals surface area contributed by atoms with Crippen molar-refractivity contribution in [1.82, 2.24) is 25.4 Å². The van der Waals surface area contributed by atoms with Gasteiger partial charge in [-0.05, 0) is 47.2 Å². The summed E-state index contributed by atoms with van der Waals surface area (Å²) in [4.78, 5) is 29.1. The number of alkyl halides is 6. The third kappa shape index (κ3) is 12.8. The van der Waals surface area contributed by atoms with Crippen LogP contribution in [0.5, 0.6) is 0 Å². The topological polar surface area (TPSA) is 101 Å². The molecular weight excluding hydrogens is 777 g/mol. The van der Waals surface area contributed by atoms with Gasteiger partial charge in [0.25, 0.3) is 0 Å². The zero-order chi connectivity index (χ0) is 41.7. The fourth-order valence-corrected chi connectivity index (χ4v) is 7.01. The van der Waals surface area contributed by atoms with Gasteiger partial charge in [-0.1, -0.05) is 123 Å². The number of hydrogen-bond donors (Lipinski definition) is 1. The Labute approximate surface area is 337 Å². The minimum absolute atomic E-state index is 0.00181. The lowest BCUT2D eigenvalue weighted by Crippen LogP contribution is -2.13. The third-order valence-corrected chi connectivity index (χ3v) is 10.2. The van der Waals surface area contributed by atoms with E-state index in [2.05, 4.69) is 39.2 Å². The fraction of sp³-hybridized carbons (Fsp3) is 0.318. The Morgan fingerprint density at radius 2 is 1.09 bits per heavy atom. The van der Waals surface area contributed by atoms with Crippen LogP contribution in [0.1, 0.15) is 83.7 Å². The number of Topliss-reactive ketones (excluding diaryl/α,β-unsaturated/α-hetero) is 2. The van der Waals surface area contributed by atoms with E-state index in [1.54, 1.807) is 23.5 Å². The normalized spacial score (nSPS) is 11.6. The van der Waals surface area contributed by atoms with Crippen LogP contribution in [-0.2, 0) is 60.5 Å². The van der Waals surface area contributed by atoms with Crippen LogP contribution in [0.25, 0.3) is 22.0 Å². The molecule has 7 nitrogen and oxygen atoms in total. The number of aryl methyl sites for hydroxylation is 2. The molecule has 2 aromatic heterocycles. The molecule has 1 N–H and O–H groups in total. The monoisotopic (exact) mass is 819 g/mol. The number of aromatic nitrogens is 5. The number of halogens is 6. The van der Waals surface area contributed by atoms with Gasteiger partial charge in [-0.3, -0.25) is 14.7 Å². The van der Waals surface area contributed by atoms with Gasteiger partial charge in [0.15, 0.2) is 5.82 Å². The molecule has 14 heteroatoms. The summed E-state index contributed by atoms with van der Waals surface area (Å²) in [5.41, 5.74) is 1.75. The Hall–Kier alpha value is -5.50. The second kappa shape index (κ2) is 20.3. The van der Waals surface area contributed by atoms with Crippen LogP contribution >= 0.6 is 11.3 Å². The fourth-order valence-electron chi connectivity index (χ4n) is 6.12. The van der Waals surface area contributed by atoms with Crippen molar-refractivity contribution in [3.05, 3.63) is 141 Å². The number of carbonyl (C=O) groups is 2. The van der Waals surface area contributed by atoms with E-state index in [1.165, 1.54) is 36.4 Å². The van der Waals surface area contributed by atoms with Crippen LogP contribution in [-0.4, -0.2) is 36.9 Å². The Balaban J connectivity index is 0.000000221. The molecule has 0 bridgehead atoms. The maximum Gasteiger partial charge on any atom is 0.416 e. The van der Waals surface area contributed by atoms with Gasteiger partial charge in [-0.15, -0.1) is 10.2 Å². The van der Waals surface area contributed by atoms with Crippen LogP contribution in [0.4, 0.5) is 26.3 Å². The summed E-state index contributed by atoms with van der Waals surface area (Å²) in [6.45, 7) is 4.24. The number of unbranched alkanes of at least 4 members (excludes halogenated alkanes) is 2. The Morgan fingerprint density at radius 1 is 0.603 bits per heavy atom. The highest BCUT2D eigenvalue weighted by Gasteiger charge is 2.34. The van der Waals surface area contributed by atoms with Gasteiger partial charge in [-0.25, -0.2) is 4.98 Å². The minimum Gasteiger partial charge on any atom is -0.299 e. The number of benzene rings is 4. The molecule has 0 aliphatic rings. The van der Waals surface area contributed by atoms with Gasteiger partial charge in [-0.2, -0.15) is 31.4 Å². The lowest BCUT2D eigenvalue weighted by Gasteiger charge is -2.12. The summed E-state index contributed by atoms with van der Waals surface area (Å²) in [6, 6.07) is 25.0. The van der Waals surface area contributed by atoms with Crippen molar-refractivity contribution in [2.75, 3.05) is 0 Å². The molecule has 0 unspecified atom stereocenters. The smallest absolute Gasteiger partial charge is 0.299 e. The number of ketones is 2. The molecule has 0 aliphatic carbocycles. The zero-order valence-corrected chi connectivity index (χ0v) is 32.9. The largest absolute Gasteiger partial charge is 0.416 e. The van der Waals surface area contributed by atoms with E-state index < -0.39 is 23.5 Å². The van der Waals surface area contributed by atoms with Gasteiger partial charge >= 0.3 is 12.4 Å². The molecule has 4 aromatic carbocycles. The molecule has 6 rings (SSSR count). The van der Waals surface area contributed by atoms with E-state index >= 15 is 0 Å². The van der Waals surface area contributed by atoms with Crippen LogP contribution < -0.4 is 0 Å². The molecule has 58 heavy (non-hydrogen) atoms. The van der Waals surface area contributed by atoms with E-state index in [1.807, 2.05) is 36.4 Å². The first-order chi connectivity index (χ1) is 27.7. The highest BCUT2D eigenvalue weighted by molar-refractivity contribution is 7.14. The molecule has 0 saturated carbocycles. The van der Waals surface area contributed by atoms with Crippen LogP contribution in [0.15, 0.2) is 97.1 Å². The van der Waals surface area contributed by atoms with E-state index in [9.17, 15) is 35.9 Å². The Kier molecular flexibility index (Phi) is 15.2. The molecule has 0 fully saturated rings. The second-order valence-electron chi connectivity index (χ2n) is 13.8. The number of H-pyrrole nitrogens is 1. The van der Waals surface area contributed by atoms with Gasteiger partial charge in [0.1, 0.15) is 27.4 Å². The second-order valence-corrected chi connectivity index (χ2v) is 14.9. The van der Waals surface area contributed by atoms with Crippen molar-refractivity contribution in [3.63, 3.8) is 0 Å². The zero-order valence-electron chi connectivity index (χ0n) is 32.1. The summed E-state index contributed by atoms with van der Waals surface area (Å²) in [6.07, 6.45) is -3.21. The summed E-state index contributed by atoms with van der Waals surface area (Å²) in [7, 11) is 0. The maximum atomic E-state index is 13.1. The number of rotatable bonds is 16. The summed E-state index contributed by atoms with van der Waals surface area (Å²) < 4.78 is 78.5. The Morgan fingerprint density at radius 3 is 1.59 bits per heavy atom. The van der Waals surface area contributed by atoms with Gasteiger partial charge in [0.2, 0.25) is 0 Å².